The number of esters is 1. The molecule has 6 nitrogen and oxygen atoms in total. The Morgan fingerprint density at radius 2 is 1.77 bits per heavy atom. The van der Waals surface area contributed by atoms with E-state index in [1.807, 2.05) is 0 Å². The number of ether oxygens (including phenoxy) is 1. The first kappa shape index (κ1) is 15.8. The molecule has 0 radical (unpaired) electrons. The summed E-state index contributed by atoms with van der Waals surface area (Å²) in [5, 5.41) is 0. The number of methoxy groups -OCH3 is 1. The lowest BCUT2D eigenvalue weighted by Gasteiger charge is -2.19. The average molecular weight is 320 g/mol. The maximum Gasteiger partial charge on any atom is 0.337 e. The number of sulfonamides is 1. The Morgan fingerprint density at radius 1 is 1.14 bits per heavy atom. The van der Waals surface area contributed by atoms with Crippen LogP contribution in [0, 0.1) is 0 Å². The van der Waals surface area contributed by atoms with Crippen molar-refractivity contribution >= 4 is 27.4 Å². The molecule has 2 N–H and O–H groups in total. The third kappa shape index (κ3) is 3.04. The van der Waals surface area contributed by atoms with Crippen LogP contribution in [0.4, 0.5) is 11.4 Å². The van der Waals surface area contributed by atoms with E-state index in [4.69, 9.17) is 5.73 Å². The third-order valence-corrected chi connectivity index (χ3v) is 4.95. The van der Waals surface area contributed by atoms with Gasteiger partial charge in [0.1, 0.15) is 0 Å². The normalized spacial score (nSPS) is 11.0. The highest BCUT2D eigenvalue weighted by atomic mass is 32.2. The van der Waals surface area contributed by atoms with E-state index in [-0.39, 0.29) is 10.5 Å². The number of nitrogen functional groups attached to an aromatic ring is 1. The molecule has 0 saturated carbocycles. The Bertz CT molecular complexity index is 785. The second-order valence-corrected chi connectivity index (χ2v) is 6.55. The lowest BCUT2D eigenvalue weighted by molar-refractivity contribution is 0.0600. The van der Waals surface area contributed by atoms with Crippen molar-refractivity contribution in [1.82, 2.24) is 0 Å². The summed E-state index contributed by atoms with van der Waals surface area (Å²) < 4.78 is 31.0. The maximum absolute atomic E-state index is 12.6. The van der Waals surface area contributed by atoms with Crippen molar-refractivity contribution in [2.24, 2.45) is 0 Å². The molecule has 2 aromatic rings. The molecule has 0 heterocycles. The van der Waals surface area contributed by atoms with Crippen molar-refractivity contribution in [3.8, 4) is 0 Å². The number of benzene rings is 2. The van der Waals surface area contributed by atoms with Gasteiger partial charge in [-0.25, -0.2) is 13.2 Å². The van der Waals surface area contributed by atoms with Crippen molar-refractivity contribution in [2.45, 2.75) is 4.90 Å². The van der Waals surface area contributed by atoms with Gasteiger partial charge in [0, 0.05) is 12.7 Å². The molecule has 0 saturated heterocycles. The van der Waals surface area contributed by atoms with E-state index < -0.39 is 16.0 Å². The van der Waals surface area contributed by atoms with Crippen LogP contribution in [0.1, 0.15) is 10.4 Å². The van der Waals surface area contributed by atoms with Crippen molar-refractivity contribution in [3.05, 3.63) is 54.1 Å². The molecule has 0 aliphatic heterocycles. The number of anilines is 2. The summed E-state index contributed by atoms with van der Waals surface area (Å²) in [7, 11) is -1.11. The van der Waals surface area contributed by atoms with Gasteiger partial charge < -0.3 is 10.5 Å². The highest BCUT2D eigenvalue weighted by Crippen LogP contribution is 2.23. The first-order chi connectivity index (χ1) is 10.4. The van der Waals surface area contributed by atoms with E-state index in [1.165, 1.54) is 38.4 Å². The first-order valence-corrected chi connectivity index (χ1v) is 7.83. The summed E-state index contributed by atoms with van der Waals surface area (Å²) >= 11 is 0. The second-order valence-electron chi connectivity index (χ2n) is 4.58. The number of nitrogens with two attached hydrogens (primary N) is 1. The molecule has 0 aromatic heterocycles. The minimum atomic E-state index is -3.78. The highest BCUT2D eigenvalue weighted by molar-refractivity contribution is 7.92. The van der Waals surface area contributed by atoms with Crippen LogP contribution in [0.5, 0.6) is 0 Å². The van der Waals surface area contributed by atoms with Gasteiger partial charge in [0.25, 0.3) is 10.0 Å². The summed E-state index contributed by atoms with van der Waals surface area (Å²) in [6.45, 7) is 0. The summed E-state index contributed by atoms with van der Waals surface area (Å²) in [5.74, 6) is -0.591. The Hall–Kier alpha value is -2.54. The smallest absolute Gasteiger partial charge is 0.337 e. The van der Waals surface area contributed by atoms with E-state index in [1.54, 1.807) is 24.3 Å². The zero-order valence-electron chi connectivity index (χ0n) is 12.2. The molecular weight excluding hydrogens is 304 g/mol. The Kier molecular flexibility index (Phi) is 4.37. The molecular formula is C15H16N2O4S. The number of nitrogens with zero attached hydrogens (tertiary/aromatic N) is 1. The van der Waals surface area contributed by atoms with Crippen LogP contribution >= 0.6 is 0 Å². The van der Waals surface area contributed by atoms with Crippen molar-refractivity contribution in [3.63, 3.8) is 0 Å². The number of hydrogen-bond acceptors (Lipinski definition) is 5. The highest BCUT2D eigenvalue weighted by Gasteiger charge is 2.22. The SMILES string of the molecule is COC(=O)c1cccc(S(=O)(=O)N(C)c2ccc(N)cc2)c1. The van der Waals surface area contributed by atoms with E-state index in [0.29, 0.717) is 11.4 Å². The molecule has 0 bridgehead atoms. The number of hydrogen-bond donors (Lipinski definition) is 1. The molecule has 0 fully saturated rings. The number of carbonyl (C=O) groups is 1. The van der Waals surface area contributed by atoms with Crippen molar-refractivity contribution in [1.29, 1.82) is 0 Å². The summed E-state index contributed by atoms with van der Waals surface area (Å²) in [6, 6.07) is 12.2. The van der Waals surface area contributed by atoms with Crippen LogP contribution in [-0.4, -0.2) is 28.5 Å². The third-order valence-electron chi connectivity index (χ3n) is 3.17. The summed E-state index contributed by atoms with van der Waals surface area (Å²) in [5.41, 5.74) is 6.79. The molecule has 116 valence electrons. The Balaban J connectivity index is 2.41. The number of carbonyl (C=O) groups excluding carboxylic acids is 1. The van der Waals surface area contributed by atoms with Gasteiger partial charge in [0.15, 0.2) is 0 Å². The average Bonchev–Trinajstić information content (AvgIpc) is 2.54. The van der Waals surface area contributed by atoms with Gasteiger partial charge in [-0.3, -0.25) is 4.31 Å². The molecule has 0 amide bonds. The minimum absolute atomic E-state index is 0.00900. The number of rotatable bonds is 4. The van der Waals surface area contributed by atoms with Gasteiger partial charge in [-0.05, 0) is 42.5 Å². The topological polar surface area (TPSA) is 89.7 Å². The minimum Gasteiger partial charge on any atom is -0.465 e. The quantitative estimate of drug-likeness (QED) is 0.686. The van der Waals surface area contributed by atoms with Gasteiger partial charge >= 0.3 is 5.97 Å². The van der Waals surface area contributed by atoms with Gasteiger partial charge in [0.2, 0.25) is 0 Å². The van der Waals surface area contributed by atoms with Crippen LogP contribution in [0.15, 0.2) is 53.4 Å². The fourth-order valence-corrected chi connectivity index (χ4v) is 3.12. The van der Waals surface area contributed by atoms with Crippen LogP contribution < -0.4 is 10.0 Å². The van der Waals surface area contributed by atoms with Crippen LogP contribution in [-0.2, 0) is 14.8 Å². The van der Waals surface area contributed by atoms with Crippen molar-refractivity contribution in [2.75, 3.05) is 24.2 Å². The van der Waals surface area contributed by atoms with Crippen LogP contribution in [0.25, 0.3) is 0 Å². The maximum atomic E-state index is 12.6. The second kappa shape index (κ2) is 6.07. The lowest BCUT2D eigenvalue weighted by Crippen LogP contribution is -2.26. The molecule has 0 unspecified atom stereocenters. The van der Waals surface area contributed by atoms with Crippen LogP contribution in [0.3, 0.4) is 0 Å². The molecule has 0 spiro atoms. The lowest BCUT2D eigenvalue weighted by atomic mass is 10.2. The predicted octanol–water partition coefficient (Wildman–Crippen LogP) is 1.88. The van der Waals surface area contributed by atoms with Crippen LogP contribution in [0.2, 0.25) is 0 Å². The molecule has 0 atom stereocenters. The zero-order chi connectivity index (χ0) is 16.3. The van der Waals surface area contributed by atoms with Crippen molar-refractivity contribution < 1.29 is 17.9 Å². The van der Waals surface area contributed by atoms with E-state index in [2.05, 4.69) is 4.74 Å². The fraction of sp³-hybridized carbons (Fsp3) is 0.133. The van der Waals surface area contributed by atoms with Gasteiger partial charge in [-0.15, -0.1) is 0 Å². The first-order valence-electron chi connectivity index (χ1n) is 6.39. The Labute approximate surface area is 129 Å². The Morgan fingerprint density at radius 3 is 2.36 bits per heavy atom. The predicted molar refractivity (Wildman–Crippen MR) is 84.2 cm³/mol. The van der Waals surface area contributed by atoms with E-state index >= 15 is 0 Å². The molecule has 2 rings (SSSR count). The van der Waals surface area contributed by atoms with Gasteiger partial charge in [-0.1, -0.05) is 6.07 Å². The fourth-order valence-electron chi connectivity index (χ4n) is 1.88. The molecule has 0 aliphatic carbocycles. The molecule has 7 heteroatoms. The van der Waals surface area contributed by atoms with Gasteiger partial charge in [0.05, 0.1) is 23.3 Å². The summed E-state index contributed by atoms with van der Waals surface area (Å²) in [6.07, 6.45) is 0. The summed E-state index contributed by atoms with van der Waals surface area (Å²) in [4.78, 5) is 11.5. The molecule has 22 heavy (non-hydrogen) atoms. The largest absolute Gasteiger partial charge is 0.465 e. The van der Waals surface area contributed by atoms with E-state index in [0.717, 1.165) is 4.31 Å². The standard InChI is InChI=1S/C15H16N2O4S/c1-17(13-8-6-12(16)7-9-13)22(19,20)14-5-3-4-11(10-14)15(18)21-2/h3-10H,16H2,1-2H3. The monoisotopic (exact) mass is 320 g/mol. The molecule has 2 aromatic carbocycles. The van der Waals surface area contributed by atoms with Gasteiger partial charge in [-0.2, -0.15) is 0 Å². The molecule has 0 aliphatic rings. The zero-order valence-corrected chi connectivity index (χ0v) is 13.0. The van der Waals surface area contributed by atoms with E-state index in [9.17, 15) is 13.2 Å².